The van der Waals surface area contributed by atoms with E-state index in [0.29, 0.717) is 24.2 Å². The minimum atomic E-state index is -0.401. The maximum Gasteiger partial charge on any atom is 0.319 e. The molecule has 1 atom stereocenters. The Bertz CT molecular complexity index is 504. The Kier molecular flexibility index (Phi) is 5.53. The molecule has 3 N–H and O–H groups in total. The van der Waals surface area contributed by atoms with E-state index >= 15 is 0 Å². The Labute approximate surface area is 119 Å². The van der Waals surface area contributed by atoms with Gasteiger partial charge in [-0.15, -0.1) is 0 Å². The van der Waals surface area contributed by atoms with E-state index in [1.807, 2.05) is 19.9 Å². The molecule has 0 radical (unpaired) electrons. The quantitative estimate of drug-likeness (QED) is 0.771. The SMILES string of the molecule is C[C@H](O)CC(C)(C)CNC(=O)Nc1cccc(C#N)c1. The first-order valence-electron chi connectivity index (χ1n) is 6.55. The van der Waals surface area contributed by atoms with E-state index < -0.39 is 6.10 Å². The van der Waals surface area contributed by atoms with Gasteiger partial charge in [-0.25, -0.2) is 4.79 Å². The van der Waals surface area contributed by atoms with Crippen molar-refractivity contribution in [2.24, 2.45) is 5.41 Å². The third kappa shape index (κ3) is 5.72. The van der Waals surface area contributed by atoms with Crippen LogP contribution in [0.2, 0.25) is 0 Å². The van der Waals surface area contributed by atoms with Gasteiger partial charge in [0.2, 0.25) is 0 Å². The summed E-state index contributed by atoms with van der Waals surface area (Å²) >= 11 is 0. The Morgan fingerprint density at radius 2 is 2.20 bits per heavy atom. The molecule has 0 spiro atoms. The average Bonchev–Trinajstić information content (AvgIpc) is 2.35. The van der Waals surface area contributed by atoms with E-state index in [9.17, 15) is 9.90 Å². The van der Waals surface area contributed by atoms with Crippen LogP contribution in [0.25, 0.3) is 0 Å². The largest absolute Gasteiger partial charge is 0.393 e. The van der Waals surface area contributed by atoms with Gasteiger partial charge in [0.15, 0.2) is 0 Å². The number of urea groups is 1. The molecule has 1 aromatic rings. The molecule has 0 aromatic heterocycles. The van der Waals surface area contributed by atoms with Crippen molar-refractivity contribution >= 4 is 11.7 Å². The normalized spacial score (nSPS) is 12.3. The van der Waals surface area contributed by atoms with Crippen LogP contribution >= 0.6 is 0 Å². The van der Waals surface area contributed by atoms with Gasteiger partial charge < -0.3 is 15.7 Å². The molecule has 0 saturated carbocycles. The molecule has 0 bridgehead atoms. The fraction of sp³-hybridized carbons (Fsp3) is 0.467. The number of aliphatic hydroxyl groups is 1. The number of aliphatic hydroxyl groups excluding tert-OH is 1. The number of nitrogens with zero attached hydrogens (tertiary/aromatic N) is 1. The van der Waals surface area contributed by atoms with Gasteiger partial charge in [-0.1, -0.05) is 19.9 Å². The van der Waals surface area contributed by atoms with Gasteiger partial charge in [-0.2, -0.15) is 5.26 Å². The first-order chi connectivity index (χ1) is 9.32. The number of amides is 2. The lowest BCUT2D eigenvalue weighted by atomic mass is 9.87. The van der Waals surface area contributed by atoms with Crippen LogP contribution < -0.4 is 10.6 Å². The summed E-state index contributed by atoms with van der Waals surface area (Å²) in [6.45, 7) is 6.16. The van der Waals surface area contributed by atoms with Gasteiger partial charge in [0.05, 0.1) is 17.7 Å². The lowest BCUT2D eigenvalue weighted by molar-refractivity contribution is 0.129. The number of hydrogen-bond donors (Lipinski definition) is 3. The van der Waals surface area contributed by atoms with Crippen molar-refractivity contribution in [2.45, 2.75) is 33.3 Å². The van der Waals surface area contributed by atoms with E-state index in [1.54, 1.807) is 31.2 Å². The highest BCUT2D eigenvalue weighted by molar-refractivity contribution is 5.89. The second kappa shape index (κ2) is 6.92. The molecule has 0 aliphatic rings. The summed E-state index contributed by atoms with van der Waals surface area (Å²) < 4.78 is 0. The smallest absolute Gasteiger partial charge is 0.319 e. The summed E-state index contributed by atoms with van der Waals surface area (Å²) in [6, 6.07) is 8.42. The van der Waals surface area contributed by atoms with Crippen molar-refractivity contribution in [1.82, 2.24) is 5.32 Å². The first kappa shape index (κ1) is 16.0. The number of carbonyl (C=O) groups excluding carboxylic acids is 1. The summed E-state index contributed by atoms with van der Waals surface area (Å²) in [4.78, 5) is 11.8. The Balaban J connectivity index is 2.50. The third-order valence-electron chi connectivity index (χ3n) is 2.83. The summed E-state index contributed by atoms with van der Waals surface area (Å²) in [6.07, 6.45) is 0.208. The highest BCUT2D eigenvalue weighted by atomic mass is 16.3. The van der Waals surface area contributed by atoms with Crippen molar-refractivity contribution < 1.29 is 9.90 Å². The van der Waals surface area contributed by atoms with Crippen LogP contribution in [-0.4, -0.2) is 23.8 Å². The number of hydrogen-bond acceptors (Lipinski definition) is 3. The molecule has 0 saturated heterocycles. The zero-order valence-electron chi connectivity index (χ0n) is 12.1. The minimum Gasteiger partial charge on any atom is -0.393 e. The molecular formula is C15H21N3O2. The second-order valence-corrected chi connectivity index (χ2v) is 5.72. The monoisotopic (exact) mass is 275 g/mol. The zero-order chi connectivity index (χ0) is 15.2. The lowest BCUT2D eigenvalue weighted by Gasteiger charge is -2.26. The van der Waals surface area contributed by atoms with E-state index in [2.05, 4.69) is 10.6 Å². The number of nitriles is 1. The molecule has 1 aromatic carbocycles. The van der Waals surface area contributed by atoms with Crippen LogP contribution in [0.3, 0.4) is 0 Å². The highest BCUT2D eigenvalue weighted by Gasteiger charge is 2.21. The Morgan fingerprint density at radius 1 is 1.50 bits per heavy atom. The predicted octanol–water partition coefficient (Wildman–Crippen LogP) is 2.48. The topological polar surface area (TPSA) is 85.2 Å². The Morgan fingerprint density at radius 3 is 2.80 bits per heavy atom. The van der Waals surface area contributed by atoms with Crippen LogP contribution in [0.4, 0.5) is 10.5 Å². The number of anilines is 1. The van der Waals surface area contributed by atoms with E-state index in [-0.39, 0.29) is 11.4 Å². The van der Waals surface area contributed by atoms with Crippen LogP contribution in [0.15, 0.2) is 24.3 Å². The van der Waals surface area contributed by atoms with Gasteiger partial charge in [-0.3, -0.25) is 0 Å². The minimum absolute atomic E-state index is 0.181. The summed E-state index contributed by atoms with van der Waals surface area (Å²) in [7, 11) is 0. The van der Waals surface area contributed by atoms with Gasteiger partial charge in [0, 0.05) is 12.2 Å². The van der Waals surface area contributed by atoms with Crippen LogP contribution in [0.1, 0.15) is 32.8 Å². The van der Waals surface area contributed by atoms with Crippen molar-refractivity contribution in [1.29, 1.82) is 5.26 Å². The molecule has 2 amide bonds. The molecule has 0 aliphatic heterocycles. The van der Waals surface area contributed by atoms with E-state index in [0.717, 1.165) is 0 Å². The molecule has 1 rings (SSSR count). The molecule has 108 valence electrons. The summed E-state index contributed by atoms with van der Waals surface area (Å²) in [5.41, 5.74) is 0.895. The zero-order valence-corrected chi connectivity index (χ0v) is 12.1. The molecule has 5 heteroatoms. The second-order valence-electron chi connectivity index (χ2n) is 5.72. The molecule has 20 heavy (non-hydrogen) atoms. The molecule has 0 aliphatic carbocycles. The molecule has 0 fully saturated rings. The molecular weight excluding hydrogens is 254 g/mol. The Hall–Kier alpha value is -2.06. The number of carbonyl (C=O) groups is 1. The van der Waals surface area contributed by atoms with Crippen molar-refractivity contribution in [3.63, 3.8) is 0 Å². The first-order valence-corrected chi connectivity index (χ1v) is 6.55. The molecule has 0 heterocycles. The van der Waals surface area contributed by atoms with Gasteiger partial charge in [-0.05, 0) is 37.0 Å². The maximum atomic E-state index is 11.8. The van der Waals surface area contributed by atoms with Crippen LogP contribution in [-0.2, 0) is 0 Å². The number of nitrogens with one attached hydrogen (secondary N) is 2. The highest BCUT2D eigenvalue weighted by Crippen LogP contribution is 2.21. The fourth-order valence-corrected chi connectivity index (χ4v) is 2.03. The summed E-state index contributed by atoms with van der Waals surface area (Å²) in [5, 5.41) is 23.6. The van der Waals surface area contributed by atoms with Gasteiger partial charge in [0.25, 0.3) is 0 Å². The molecule has 5 nitrogen and oxygen atoms in total. The van der Waals surface area contributed by atoms with Crippen molar-refractivity contribution in [3.8, 4) is 6.07 Å². The number of rotatable bonds is 5. The van der Waals surface area contributed by atoms with Crippen molar-refractivity contribution in [2.75, 3.05) is 11.9 Å². The van der Waals surface area contributed by atoms with Crippen molar-refractivity contribution in [3.05, 3.63) is 29.8 Å². The lowest BCUT2D eigenvalue weighted by Crippen LogP contribution is -2.38. The standard InChI is InChI=1S/C15H21N3O2/c1-11(19)8-15(2,3)10-17-14(20)18-13-6-4-5-12(7-13)9-16/h4-7,11,19H,8,10H2,1-3H3,(H2,17,18,20)/t11-/m0/s1. The van der Waals surface area contributed by atoms with Gasteiger partial charge in [0.1, 0.15) is 0 Å². The van der Waals surface area contributed by atoms with Gasteiger partial charge >= 0.3 is 6.03 Å². The fourth-order valence-electron chi connectivity index (χ4n) is 2.03. The van der Waals surface area contributed by atoms with E-state index in [4.69, 9.17) is 5.26 Å². The molecule has 0 unspecified atom stereocenters. The maximum absolute atomic E-state index is 11.8. The predicted molar refractivity (Wildman–Crippen MR) is 78.3 cm³/mol. The van der Waals surface area contributed by atoms with E-state index in [1.165, 1.54) is 0 Å². The number of benzene rings is 1. The summed E-state index contributed by atoms with van der Waals surface area (Å²) in [5.74, 6) is 0. The average molecular weight is 275 g/mol. The van der Waals surface area contributed by atoms with Crippen LogP contribution in [0, 0.1) is 16.7 Å². The third-order valence-corrected chi connectivity index (χ3v) is 2.83. The van der Waals surface area contributed by atoms with Crippen LogP contribution in [0.5, 0.6) is 0 Å².